The number of hydrogen-bond acceptors (Lipinski definition) is 2. The highest BCUT2D eigenvalue weighted by atomic mass is 16.2. The van der Waals surface area contributed by atoms with E-state index in [0.717, 1.165) is 25.8 Å². The highest BCUT2D eigenvalue weighted by Gasteiger charge is 2.66. The van der Waals surface area contributed by atoms with Crippen LogP contribution < -0.4 is 5.32 Å². The van der Waals surface area contributed by atoms with Crippen molar-refractivity contribution in [1.29, 1.82) is 0 Å². The van der Waals surface area contributed by atoms with Gasteiger partial charge in [-0.1, -0.05) is 44.4 Å². The van der Waals surface area contributed by atoms with Crippen molar-refractivity contribution < 1.29 is 9.59 Å². The second kappa shape index (κ2) is 6.43. The van der Waals surface area contributed by atoms with Gasteiger partial charge in [-0.2, -0.15) is 0 Å². The molecule has 1 amide bonds. The Hall–Kier alpha value is -1.64. The molecule has 28 heavy (non-hydrogen) atoms. The van der Waals surface area contributed by atoms with Gasteiger partial charge in [-0.3, -0.25) is 9.59 Å². The number of ketones is 1. The van der Waals surface area contributed by atoms with Crippen molar-refractivity contribution in [3.63, 3.8) is 0 Å². The molecule has 4 aliphatic carbocycles. The Labute approximate surface area is 168 Å². The van der Waals surface area contributed by atoms with Crippen molar-refractivity contribution in [3.05, 3.63) is 34.9 Å². The maximum absolute atomic E-state index is 13.6. The molecule has 0 heterocycles. The molecule has 4 aliphatic rings. The number of carbonyl (C=O) groups excluding carboxylic acids is 2. The maximum atomic E-state index is 13.6. The van der Waals surface area contributed by atoms with E-state index in [1.807, 2.05) is 0 Å². The van der Waals surface area contributed by atoms with Gasteiger partial charge < -0.3 is 5.32 Å². The van der Waals surface area contributed by atoms with E-state index < -0.39 is 0 Å². The summed E-state index contributed by atoms with van der Waals surface area (Å²) in [5.74, 6) is 1.43. The summed E-state index contributed by atoms with van der Waals surface area (Å²) in [4.78, 5) is 26.6. The fourth-order valence-corrected chi connectivity index (χ4v) is 7.31. The van der Waals surface area contributed by atoms with E-state index >= 15 is 0 Å². The lowest BCUT2D eigenvalue weighted by Crippen LogP contribution is -2.42. The number of amides is 1. The van der Waals surface area contributed by atoms with Crippen LogP contribution in [0.1, 0.15) is 93.2 Å². The Kier molecular flexibility index (Phi) is 4.23. The Balaban J connectivity index is 1.49. The van der Waals surface area contributed by atoms with Crippen LogP contribution in [0.5, 0.6) is 0 Å². The average Bonchev–Trinajstić information content (AvgIpc) is 3.07. The van der Waals surface area contributed by atoms with Gasteiger partial charge in [0, 0.05) is 23.8 Å². The second-order valence-corrected chi connectivity index (χ2v) is 10.4. The number of rotatable bonds is 3. The minimum Gasteiger partial charge on any atom is -0.355 e. The Morgan fingerprint density at radius 1 is 1.18 bits per heavy atom. The van der Waals surface area contributed by atoms with Gasteiger partial charge in [0.15, 0.2) is 0 Å². The highest BCUT2D eigenvalue weighted by molar-refractivity contribution is 5.94. The van der Waals surface area contributed by atoms with Gasteiger partial charge in [0.1, 0.15) is 5.78 Å². The molecule has 0 aliphatic heterocycles. The Morgan fingerprint density at radius 2 is 1.96 bits per heavy atom. The van der Waals surface area contributed by atoms with Crippen LogP contribution in [0.3, 0.4) is 0 Å². The fourth-order valence-electron chi connectivity index (χ4n) is 7.31. The summed E-state index contributed by atoms with van der Waals surface area (Å²) >= 11 is 0. The molecule has 1 aromatic rings. The molecule has 1 N–H and O–H groups in total. The lowest BCUT2D eigenvalue weighted by molar-refractivity contribution is -0.126. The van der Waals surface area contributed by atoms with Crippen LogP contribution in [0.2, 0.25) is 0 Å². The van der Waals surface area contributed by atoms with Gasteiger partial charge >= 0.3 is 0 Å². The summed E-state index contributed by atoms with van der Waals surface area (Å²) in [6, 6.07) is 6.51. The summed E-state index contributed by atoms with van der Waals surface area (Å²) in [5.41, 5.74) is 3.42. The largest absolute Gasteiger partial charge is 0.355 e. The molecule has 0 aromatic heterocycles. The van der Waals surface area contributed by atoms with Crippen LogP contribution in [0.15, 0.2) is 18.2 Å². The predicted octanol–water partition coefficient (Wildman–Crippen LogP) is 5.02. The van der Waals surface area contributed by atoms with Gasteiger partial charge in [0.25, 0.3) is 0 Å². The molecular formula is C25H33NO2. The average molecular weight is 380 g/mol. The molecule has 3 nitrogen and oxygen atoms in total. The minimum absolute atomic E-state index is 0.150. The van der Waals surface area contributed by atoms with Crippen molar-refractivity contribution in [2.45, 2.75) is 83.5 Å². The molecule has 0 saturated heterocycles. The minimum atomic E-state index is -0.214. The summed E-state index contributed by atoms with van der Waals surface area (Å²) in [6.07, 6.45) is 9.91. The molecule has 3 saturated carbocycles. The molecule has 4 atom stereocenters. The standard InChI is InChI=1S/C25H33NO2/c1-16-7-6-10-18-19-11-12-24(2)15-25(19,13-20(24)27)22(21(16)18)23(28)26-14-17-8-4-3-5-9-17/h6-7,10,17,19,22H,3-5,8-9,11-15H2,1-2H3,(H,26,28)/t19-,22-,24+,25-/m1/s1. The Morgan fingerprint density at radius 3 is 2.75 bits per heavy atom. The maximum Gasteiger partial charge on any atom is 0.228 e. The summed E-state index contributed by atoms with van der Waals surface area (Å²) < 4.78 is 0. The van der Waals surface area contributed by atoms with E-state index in [1.165, 1.54) is 48.8 Å². The molecule has 0 unspecified atom stereocenters. The van der Waals surface area contributed by atoms with Crippen LogP contribution >= 0.6 is 0 Å². The predicted molar refractivity (Wildman–Crippen MR) is 110 cm³/mol. The van der Waals surface area contributed by atoms with E-state index in [1.54, 1.807) is 0 Å². The third-order valence-corrected chi connectivity index (χ3v) is 8.71. The first-order chi connectivity index (χ1) is 13.4. The number of fused-ring (bicyclic) bond motifs is 3. The smallest absolute Gasteiger partial charge is 0.228 e. The first-order valence-corrected chi connectivity index (χ1v) is 11.3. The fraction of sp³-hybridized carbons (Fsp3) is 0.680. The van der Waals surface area contributed by atoms with Gasteiger partial charge in [0.05, 0.1) is 5.92 Å². The number of Topliss-reactive ketones (excluding diaryl/α,β-unsaturated/α-hetero) is 1. The van der Waals surface area contributed by atoms with Crippen LogP contribution in [0.4, 0.5) is 0 Å². The number of carbonyl (C=O) groups is 2. The van der Waals surface area contributed by atoms with Crippen molar-refractivity contribution in [2.24, 2.45) is 16.7 Å². The lowest BCUT2D eigenvalue weighted by atomic mass is 9.60. The van der Waals surface area contributed by atoms with E-state index in [0.29, 0.717) is 24.0 Å². The molecule has 5 rings (SSSR count). The van der Waals surface area contributed by atoms with E-state index in [-0.39, 0.29) is 22.7 Å². The molecule has 3 fully saturated rings. The highest BCUT2D eigenvalue weighted by Crippen LogP contribution is 2.71. The van der Waals surface area contributed by atoms with E-state index in [4.69, 9.17) is 0 Å². The van der Waals surface area contributed by atoms with Gasteiger partial charge in [-0.25, -0.2) is 0 Å². The first-order valence-electron chi connectivity index (χ1n) is 11.3. The zero-order valence-corrected chi connectivity index (χ0v) is 17.4. The van der Waals surface area contributed by atoms with Gasteiger partial charge in [-0.05, 0) is 67.6 Å². The normalized spacial score (nSPS) is 36.9. The second-order valence-electron chi connectivity index (χ2n) is 10.4. The van der Waals surface area contributed by atoms with Crippen molar-refractivity contribution >= 4 is 11.7 Å². The molecule has 1 aromatic carbocycles. The number of aryl methyl sites for hydroxylation is 1. The van der Waals surface area contributed by atoms with Crippen LogP contribution in [0, 0.1) is 23.7 Å². The third-order valence-electron chi connectivity index (χ3n) is 8.71. The molecule has 2 bridgehead atoms. The van der Waals surface area contributed by atoms with E-state index in [2.05, 4.69) is 37.4 Å². The van der Waals surface area contributed by atoms with E-state index in [9.17, 15) is 9.59 Å². The first kappa shape index (κ1) is 18.4. The number of hydrogen-bond donors (Lipinski definition) is 1. The van der Waals surface area contributed by atoms with Crippen molar-refractivity contribution in [3.8, 4) is 0 Å². The third kappa shape index (κ3) is 2.54. The SMILES string of the molecule is Cc1cccc2c1[C@H](C(=O)NCC1CCCCC1)[C@@]13CC(=O)[C@@](C)(CC[C@H]21)C3. The van der Waals surface area contributed by atoms with Crippen LogP contribution in [-0.4, -0.2) is 18.2 Å². The molecule has 3 heteroatoms. The Bertz CT molecular complexity index is 824. The quantitative estimate of drug-likeness (QED) is 0.801. The molecule has 1 spiro atoms. The van der Waals surface area contributed by atoms with Gasteiger partial charge in [0.2, 0.25) is 5.91 Å². The summed E-state index contributed by atoms with van der Waals surface area (Å²) in [7, 11) is 0. The zero-order chi connectivity index (χ0) is 19.5. The molecule has 0 radical (unpaired) electrons. The number of nitrogens with one attached hydrogen (secondary N) is 1. The molecular weight excluding hydrogens is 346 g/mol. The topological polar surface area (TPSA) is 46.2 Å². The number of benzene rings is 1. The van der Waals surface area contributed by atoms with Crippen LogP contribution in [0.25, 0.3) is 0 Å². The van der Waals surface area contributed by atoms with Gasteiger partial charge in [-0.15, -0.1) is 0 Å². The summed E-state index contributed by atoms with van der Waals surface area (Å²) in [5, 5.41) is 3.35. The zero-order valence-electron chi connectivity index (χ0n) is 17.4. The van der Waals surface area contributed by atoms with Crippen molar-refractivity contribution in [1.82, 2.24) is 5.32 Å². The molecule has 150 valence electrons. The van der Waals surface area contributed by atoms with Crippen molar-refractivity contribution in [2.75, 3.05) is 6.54 Å². The monoisotopic (exact) mass is 379 g/mol. The summed E-state index contributed by atoms with van der Waals surface area (Å²) in [6.45, 7) is 5.10. The lowest BCUT2D eigenvalue weighted by Gasteiger charge is -2.42. The van der Waals surface area contributed by atoms with Crippen LogP contribution in [-0.2, 0) is 9.59 Å².